The van der Waals surface area contributed by atoms with Crippen LogP contribution >= 0.6 is 0 Å². The molecule has 2 N–H and O–H groups in total. The Bertz CT molecular complexity index is 328. The molecule has 1 saturated heterocycles. The SMILES string of the molecule is CC1(NS(=O)(=O)C2CCNC2)CCCCC1. The molecule has 16 heavy (non-hydrogen) atoms. The zero-order chi connectivity index (χ0) is 11.6. The Morgan fingerprint density at radius 3 is 2.50 bits per heavy atom. The molecule has 94 valence electrons. The van der Waals surface area contributed by atoms with E-state index in [1.165, 1.54) is 6.42 Å². The smallest absolute Gasteiger partial charge is 0.216 e. The van der Waals surface area contributed by atoms with Gasteiger partial charge in [-0.15, -0.1) is 0 Å². The van der Waals surface area contributed by atoms with E-state index in [0.717, 1.165) is 38.6 Å². The molecule has 1 aliphatic carbocycles. The molecule has 0 radical (unpaired) electrons. The fourth-order valence-electron chi connectivity index (χ4n) is 2.75. The van der Waals surface area contributed by atoms with Crippen LogP contribution in [0.25, 0.3) is 0 Å². The molecular formula is C11H22N2O2S. The van der Waals surface area contributed by atoms with Gasteiger partial charge in [0.1, 0.15) is 0 Å². The summed E-state index contributed by atoms with van der Waals surface area (Å²) in [6, 6.07) is 0. The molecule has 1 unspecified atom stereocenters. The lowest BCUT2D eigenvalue weighted by Gasteiger charge is -2.35. The Labute approximate surface area is 98.2 Å². The van der Waals surface area contributed by atoms with E-state index in [1.54, 1.807) is 0 Å². The second-order valence-corrected chi connectivity index (χ2v) is 7.34. The van der Waals surface area contributed by atoms with Gasteiger partial charge in [0.25, 0.3) is 0 Å². The van der Waals surface area contributed by atoms with Crippen molar-refractivity contribution in [3.63, 3.8) is 0 Å². The van der Waals surface area contributed by atoms with Crippen molar-refractivity contribution < 1.29 is 8.42 Å². The minimum atomic E-state index is -3.13. The van der Waals surface area contributed by atoms with Gasteiger partial charge in [-0.25, -0.2) is 13.1 Å². The summed E-state index contributed by atoms with van der Waals surface area (Å²) in [5, 5.41) is 2.88. The van der Waals surface area contributed by atoms with E-state index in [1.807, 2.05) is 6.92 Å². The molecule has 0 aromatic carbocycles. The van der Waals surface area contributed by atoms with Crippen LogP contribution in [0.15, 0.2) is 0 Å². The average molecular weight is 246 g/mol. The third kappa shape index (κ3) is 2.76. The Hall–Kier alpha value is -0.130. The van der Waals surface area contributed by atoms with Crippen molar-refractivity contribution >= 4 is 10.0 Å². The lowest BCUT2D eigenvalue weighted by Crippen LogP contribution is -2.50. The van der Waals surface area contributed by atoms with Gasteiger partial charge < -0.3 is 5.32 Å². The summed E-state index contributed by atoms with van der Waals surface area (Å²) < 4.78 is 27.3. The van der Waals surface area contributed by atoms with Crippen molar-refractivity contribution in [2.45, 2.75) is 56.2 Å². The minimum Gasteiger partial charge on any atom is -0.315 e. The first-order valence-electron chi connectivity index (χ1n) is 6.25. The van der Waals surface area contributed by atoms with Gasteiger partial charge in [0.15, 0.2) is 0 Å². The summed E-state index contributed by atoms with van der Waals surface area (Å²) in [5.74, 6) is 0. The molecule has 1 aliphatic heterocycles. The zero-order valence-electron chi connectivity index (χ0n) is 9.96. The van der Waals surface area contributed by atoms with Gasteiger partial charge in [0, 0.05) is 12.1 Å². The van der Waals surface area contributed by atoms with Crippen LogP contribution in [-0.2, 0) is 10.0 Å². The zero-order valence-corrected chi connectivity index (χ0v) is 10.8. The third-order valence-electron chi connectivity index (χ3n) is 3.80. The highest BCUT2D eigenvalue weighted by Gasteiger charge is 2.36. The molecular weight excluding hydrogens is 224 g/mol. The van der Waals surface area contributed by atoms with Crippen LogP contribution in [0.1, 0.15) is 45.4 Å². The highest BCUT2D eigenvalue weighted by Crippen LogP contribution is 2.29. The predicted octanol–water partition coefficient (Wildman–Crippen LogP) is 0.990. The lowest BCUT2D eigenvalue weighted by molar-refractivity contribution is 0.293. The van der Waals surface area contributed by atoms with E-state index in [0.29, 0.717) is 6.54 Å². The molecule has 2 aliphatic rings. The first-order chi connectivity index (χ1) is 7.52. The standard InChI is InChI=1S/C11H22N2O2S/c1-11(6-3-2-4-7-11)13-16(14,15)10-5-8-12-9-10/h10,12-13H,2-9H2,1H3. The lowest BCUT2D eigenvalue weighted by atomic mass is 9.84. The molecule has 4 nitrogen and oxygen atoms in total. The van der Waals surface area contributed by atoms with Crippen molar-refractivity contribution in [1.29, 1.82) is 0 Å². The molecule has 0 bridgehead atoms. The molecule has 1 saturated carbocycles. The summed E-state index contributed by atoms with van der Waals surface area (Å²) in [7, 11) is -3.13. The first-order valence-corrected chi connectivity index (χ1v) is 7.80. The van der Waals surface area contributed by atoms with E-state index in [-0.39, 0.29) is 10.8 Å². The van der Waals surface area contributed by atoms with Crippen LogP contribution in [0, 0.1) is 0 Å². The first kappa shape index (κ1) is 12.3. The molecule has 2 rings (SSSR count). The second kappa shape index (κ2) is 4.63. The average Bonchev–Trinajstić information content (AvgIpc) is 2.70. The van der Waals surface area contributed by atoms with E-state index in [4.69, 9.17) is 0 Å². The Kier molecular flexibility index (Phi) is 3.56. The van der Waals surface area contributed by atoms with Crippen molar-refractivity contribution in [2.24, 2.45) is 0 Å². The van der Waals surface area contributed by atoms with Gasteiger partial charge in [-0.2, -0.15) is 0 Å². The van der Waals surface area contributed by atoms with Crippen LogP contribution < -0.4 is 10.0 Å². The molecule has 0 amide bonds. The Balaban J connectivity index is 2.01. The van der Waals surface area contributed by atoms with Crippen LogP contribution in [0.2, 0.25) is 0 Å². The normalized spacial score (nSPS) is 30.4. The maximum absolute atomic E-state index is 12.2. The molecule has 5 heteroatoms. The summed E-state index contributed by atoms with van der Waals surface area (Å²) in [5.41, 5.74) is -0.195. The van der Waals surface area contributed by atoms with Crippen LogP contribution in [0.3, 0.4) is 0 Å². The molecule has 2 fully saturated rings. The number of sulfonamides is 1. The predicted molar refractivity (Wildman–Crippen MR) is 64.8 cm³/mol. The van der Waals surface area contributed by atoms with E-state index >= 15 is 0 Å². The highest BCUT2D eigenvalue weighted by atomic mass is 32.2. The Morgan fingerprint density at radius 2 is 1.94 bits per heavy atom. The van der Waals surface area contributed by atoms with E-state index in [2.05, 4.69) is 10.0 Å². The molecule has 0 aromatic heterocycles. The van der Waals surface area contributed by atoms with Gasteiger partial charge in [-0.3, -0.25) is 0 Å². The third-order valence-corrected chi connectivity index (χ3v) is 5.86. The maximum Gasteiger partial charge on any atom is 0.216 e. The minimum absolute atomic E-state index is 0.195. The summed E-state index contributed by atoms with van der Waals surface area (Å²) in [6.45, 7) is 3.47. The monoisotopic (exact) mass is 246 g/mol. The number of hydrogen-bond donors (Lipinski definition) is 2. The van der Waals surface area contributed by atoms with Gasteiger partial charge in [0.05, 0.1) is 5.25 Å². The van der Waals surface area contributed by atoms with E-state index < -0.39 is 10.0 Å². The van der Waals surface area contributed by atoms with Gasteiger partial charge in [-0.1, -0.05) is 19.3 Å². The second-order valence-electron chi connectivity index (χ2n) is 5.38. The van der Waals surface area contributed by atoms with Gasteiger partial charge in [0.2, 0.25) is 10.0 Å². The largest absolute Gasteiger partial charge is 0.315 e. The fourth-order valence-corrected chi connectivity index (χ4v) is 4.58. The molecule has 1 heterocycles. The summed E-state index contributed by atoms with van der Waals surface area (Å²) in [6.07, 6.45) is 6.22. The summed E-state index contributed by atoms with van der Waals surface area (Å²) >= 11 is 0. The number of rotatable bonds is 3. The quantitative estimate of drug-likeness (QED) is 0.781. The molecule has 0 spiro atoms. The van der Waals surface area contributed by atoms with Crippen molar-refractivity contribution in [3.05, 3.63) is 0 Å². The maximum atomic E-state index is 12.2. The van der Waals surface area contributed by atoms with Crippen LogP contribution in [0.4, 0.5) is 0 Å². The molecule has 1 atom stereocenters. The van der Waals surface area contributed by atoms with Crippen LogP contribution in [0.5, 0.6) is 0 Å². The van der Waals surface area contributed by atoms with Gasteiger partial charge >= 0.3 is 0 Å². The Morgan fingerprint density at radius 1 is 1.25 bits per heavy atom. The van der Waals surface area contributed by atoms with Crippen molar-refractivity contribution in [1.82, 2.24) is 10.0 Å². The van der Waals surface area contributed by atoms with Crippen molar-refractivity contribution in [2.75, 3.05) is 13.1 Å². The summed E-state index contributed by atoms with van der Waals surface area (Å²) in [4.78, 5) is 0. The number of nitrogens with one attached hydrogen (secondary N) is 2. The van der Waals surface area contributed by atoms with E-state index in [9.17, 15) is 8.42 Å². The fraction of sp³-hybridized carbons (Fsp3) is 1.00. The van der Waals surface area contributed by atoms with Crippen LogP contribution in [-0.4, -0.2) is 32.3 Å². The molecule has 0 aromatic rings. The topological polar surface area (TPSA) is 58.2 Å². The van der Waals surface area contributed by atoms with Gasteiger partial charge in [-0.05, 0) is 32.7 Å². The number of hydrogen-bond acceptors (Lipinski definition) is 3. The van der Waals surface area contributed by atoms with Crippen molar-refractivity contribution in [3.8, 4) is 0 Å². The highest BCUT2D eigenvalue weighted by molar-refractivity contribution is 7.90.